The molecule has 0 bridgehead atoms. The van der Waals surface area contributed by atoms with Crippen molar-refractivity contribution in [1.82, 2.24) is 5.43 Å². The zero-order chi connectivity index (χ0) is 12.3. The van der Waals surface area contributed by atoms with Crippen molar-refractivity contribution in [3.05, 3.63) is 54.0 Å². The summed E-state index contributed by atoms with van der Waals surface area (Å²) in [5.74, 6) is 6.38. The Morgan fingerprint density at radius 3 is 2.35 bits per heavy atom. The molecular weight excluding hydrogens is 214 g/mol. The van der Waals surface area contributed by atoms with E-state index in [4.69, 9.17) is 10.3 Å². The molecule has 4 heteroatoms. The maximum Gasteiger partial charge on any atom is 0.126 e. The van der Waals surface area contributed by atoms with Crippen LogP contribution in [0.15, 0.2) is 47.1 Å². The van der Waals surface area contributed by atoms with Gasteiger partial charge >= 0.3 is 0 Å². The number of nitrogens with one attached hydrogen (secondary N) is 1. The fourth-order valence-electron chi connectivity index (χ4n) is 1.76. The standard InChI is InChI=1S/C13H17N3O/c1-16(2)11-7-5-10(6-8-11)13(15-14)12-4-3-9-17-12/h3-9,13,15H,14H2,1-2H3. The summed E-state index contributed by atoms with van der Waals surface area (Å²) in [6, 6.07) is 11.9. The van der Waals surface area contributed by atoms with Crippen molar-refractivity contribution in [2.45, 2.75) is 6.04 Å². The van der Waals surface area contributed by atoms with Crippen LogP contribution in [0.2, 0.25) is 0 Å². The third-order valence-electron chi connectivity index (χ3n) is 2.74. The van der Waals surface area contributed by atoms with Gasteiger partial charge in [-0.05, 0) is 29.8 Å². The lowest BCUT2D eigenvalue weighted by Crippen LogP contribution is -2.28. The Balaban J connectivity index is 2.26. The molecule has 90 valence electrons. The monoisotopic (exact) mass is 231 g/mol. The largest absolute Gasteiger partial charge is 0.467 e. The van der Waals surface area contributed by atoms with E-state index in [0.717, 1.165) is 17.0 Å². The molecule has 0 aliphatic carbocycles. The molecule has 1 aromatic heterocycles. The molecule has 0 saturated heterocycles. The van der Waals surface area contributed by atoms with Gasteiger partial charge in [0.1, 0.15) is 11.8 Å². The van der Waals surface area contributed by atoms with Crippen LogP contribution < -0.4 is 16.2 Å². The summed E-state index contributed by atoms with van der Waals surface area (Å²) < 4.78 is 5.37. The number of hydrogen-bond acceptors (Lipinski definition) is 4. The van der Waals surface area contributed by atoms with Gasteiger partial charge in [-0.3, -0.25) is 5.84 Å². The van der Waals surface area contributed by atoms with Crippen LogP contribution >= 0.6 is 0 Å². The Labute approximate surface area is 101 Å². The zero-order valence-corrected chi connectivity index (χ0v) is 10.1. The van der Waals surface area contributed by atoms with Gasteiger partial charge in [0.05, 0.1) is 6.26 Å². The normalized spacial score (nSPS) is 12.4. The second kappa shape index (κ2) is 5.03. The summed E-state index contributed by atoms with van der Waals surface area (Å²) in [5.41, 5.74) is 5.00. The number of nitrogens with zero attached hydrogens (tertiary/aromatic N) is 1. The SMILES string of the molecule is CN(C)c1ccc(C(NN)c2ccco2)cc1. The van der Waals surface area contributed by atoms with Gasteiger partial charge < -0.3 is 9.32 Å². The second-order valence-electron chi connectivity index (χ2n) is 4.10. The van der Waals surface area contributed by atoms with Crippen molar-refractivity contribution in [3.63, 3.8) is 0 Å². The zero-order valence-electron chi connectivity index (χ0n) is 10.1. The molecule has 1 heterocycles. The van der Waals surface area contributed by atoms with Gasteiger partial charge in [0.15, 0.2) is 0 Å². The highest BCUT2D eigenvalue weighted by atomic mass is 16.3. The van der Waals surface area contributed by atoms with Crippen molar-refractivity contribution in [1.29, 1.82) is 0 Å². The van der Waals surface area contributed by atoms with Gasteiger partial charge in [-0.15, -0.1) is 0 Å². The molecule has 0 amide bonds. The van der Waals surface area contributed by atoms with Gasteiger partial charge in [-0.25, -0.2) is 5.43 Å². The van der Waals surface area contributed by atoms with E-state index in [1.165, 1.54) is 0 Å². The van der Waals surface area contributed by atoms with Crippen LogP contribution in [0, 0.1) is 0 Å². The van der Waals surface area contributed by atoms with E-state index in [0.29, 0.717) is 0 Å². The lowest BCUT2D eigenvalue weighted by molar-refractivity contribution is 0.452. The second-order valence-corrected chi connectivity index (χ2v) is 4.10. The first-order chi connectivity index (χ1) is 8.22. The Morgan fingerprint density at radius 1 is 1.18 bits per heavy atom. The maximum atomic E-state index is 5.57. The molecule has 1 unspecified atom stereocenters. The van der Waals surface area contributed by atoms with E-state index in [1.807, 2.05) is 38.4 Å². The summed E-state index contributed by atoms with van der Waals surface area (Å²) in [5, 5.41) is 0. The van der Waals surface area contributed by atoms with Crippen molar-refractivity contribution < 1.29 is 4.42 Å². The Hall–Kier alpha value is -1.78. The number of nitrogens with two attached hydrogens (primary N) is 1. The van der Waals surface area contributed by atoms with E-state index in [-0.39, 0.29) is 6.04 Å². The molecule has 4 nitrogen and oxygen atoms in total. The minimum absolute atomic E-state index is 0.110. The van der Waals surface area contributed by atoms with Crippen molar-refractivity contribution >= 4 is 5.69 Å². The number of rotatable bonds is 4. The highest BCUT2D eigenvalue weighted by Gasteiger charge is 2.14. The van der Waals surface area contributed by atoms with Crippen LogP contribution in [0.5, 0.6) is 0 Å². The lowest BCUT2D eigenvalue weighted by Gasteiger charge is -2.16. The molecule has 1 aromatic carbocycles. The minimum atomic E-state index is -0.110. The van der Waals surface area contributed by atoms with Gasteiger partial charge in [0, 0.05) is 19.8 Å². The average molecular weight is 231 g/mol. The minimum Gasteiger partial charge on any atom is -0.467 e. The van der Waals surface area contributed by atoms with Crippen LogP contribution in [-0.2, 0) is 0 Å². The van der Waals surface area contributed by atoms with Gasteiger partial charge in [0.2, 0.25) is 0 Å². The predicted octanol–water partition coefficient (Wildman–Crippen LogP) is 1.90. The van der Waals surface area contributed by atoms with E-state index < -0.39 is 0 Å². The summed E-state index contributed by atoms with van der Waals surface area (Å²) >= 11 is 0. The maximum absolute atomic E-state index is 5.57. The quantitative estimate of drug-likeness (QED) is 0.623. The molecule has 0 saturated carbocycles. The molecule has 2 rings (SSSR count). The van der Waals surface area contributed by atoms with E-state index in [9.17, 15) is 0 Å². The van der Waals surface area contributed by atoms with Crippen molar-refractivity contribution in [3.8, 4) is 0 Å². The van der Waals surface area contributed by atoms with E-state index in [2.05, 4.69) is 22.5 Å². The molecule has 0 fully saturated rings. The summed E-state index contributed by atoms with van der Waals surface area (Å²) in [7, 11) is 4.03. The van der Waals surface area contributed by atoms with Crippen molar-refractivity contribution in [2.75, 3.05) is 19.0 Å². The number of hydrazine groups is 1. The van der Waals surface area contributed by atoms with Gasteiger partial charge in [-0.2, -0.15) is 0 Å². The van der Waals surface area contributed by atoms with Gasteiger partial charge in [-0.1, -0.05) is 12.1 Å². The molecule has 17 heavy (non-hydrogen) atoms. The third kappa shape index (κ3) is 2.49. The Bertz CT molecular complexity index is 448. The molecule has 2 aromatic rings. The fraction of sp³-hybridized carbons (Fsp3) is 0.231. The van der Waals surface area contributed by atoms with Gasteiger partial charge in [0.25, 0.3) is 0 Å². The smallest absolute Gasteiger partial charge is 0.126 e. The lowest BCUT2D eigenvalue weighted by atomic mass is 10.0. The Morgan fingerprint density at radius 2 is 1.88 bits per heavy atom. The first kappa shape index (κ1) is 11.7. The molecular formula is C13H17N3O. The number of hydrogen-bond donors (Lipinski definition) is 2. The predicted molar refractivity (Wildman–Crippen MR) is 68.6 cm³/mol. The number of benzene rings is 1. The van der Waals surface area contributed by atoms with E-state index in [1.54, 1.807) is 6.26 Å². The highest BCUT2D eigenvalue weighted by Crippen LogP contribution is 2.23. The van der Waals surface area contributed by atoms with Crippen LogP contribution in [0.4, 0.5) is 5.69 Å². The topological polar surface area (TPSA) is 54.4 Å². The number of anilines is 1. The first-order valence-electron chi connectivity index (χ1n) is 5.49. The summed E-state index contributed by atoms with van der Waals surface area (Å²) in [4.78, 5) is 2.06. The average Bonchev–Trinajstić information content (AvgIpc) is 2.84. The summed E-state index contributed by atoms with van der Waals surface area (Å²) in [6.45, 7) is 0. The molecule has 3 N–H and O–H groups in total. The van der Waals surface area contributed by atoms with E-state index >= 15 is 0 Å². The fourth-order valence-corrected chi connectivity index (χ4v) is 1.76. The van der Waals surface area contributed by atoms with Crippen LogP contribution in [0.3, 0.4) is 0 Å². The van der Waals surface area contributed by atoms with Crippen molar-refractivity contribution in [2.24, 2.45) is 5.84 Å². The van der Waals surface area contributed by atoms with Crippen LogP contribution in [-0.4, -0.2) is 14.1 Å². The first-order valence-corrected chi connectivity index (χ1v) is 5.49. The Kier molecular flexibility index (Phi) is 3.46. The van der Waals surface area contributed by atoms with Crippen LogP contribution in [0.1, 0.15) is 17.4 Å². The molecule has 0 radical (unpaired) electrons. The third-order valence-corrected chi connectivity index (χ3v) is 2.74. The van der Waals surface area contributed by atoms with Crippen LogP contribution in [0.25, 0.3) is 0 Å². The summed E-state index contributed by atoms with van der Waals surface area (Å²) in [6.07, 6.45) is 1.65. The molecule has 0 spiro atoms. The molecule has 1 atom stereocenters. The molecule has 0 aliphatic heterocycles. The molecule has 0 aliphatic rings. The number of furan rings is 1. The highest BCUT2D eigenvalue weighted by molar-refractivity contribution is 5.47.